The minimum atomic E-state index is -0.721. The molecular formula is C24H25ClN4O4. The average molecular weight is 469 g/mol. The van der Waals surface area contributed by atoms with Gasteiger partial charge in [-0.25, -0.2) is 0 Å². The lowest BCUT2D eigenvalue weighted by Gasteiger charge is -2.28. The van der Waals surface area contributed by atoms with Crippen LogP contribution >= 0.6 is 11.6 Å². The van der Waals surface area contributed by atoms with Crippen LogP contribution in [0.4, 0.5) is 17.4 Å². The third kappa shape index (κ3) is 5.90. The topological polar surface area (TPSA) is 117 Å². The van der Waals surface area contributed by atoms with Gasteiger partial charge in [-0.2, -0.15) is 0 Å². The molecule has 2 aromatic carbocycles. The van der Waals surface area contributed by atoms with E-state index in [-0.39, 0.29) is 24.2 Å². The molecule has 1 fully saturated rings. The van der Waals surface area contributed by atoms with Gasteiger partial charge in [-0.3, -0.25) is 9.59 Å². The molecule has 1 saturated carbocycles. The second kappa shape index (κ2) is 10.0. The van der Waals surface area contributed by atoms with Gasteiger partial charge in [0.1, 0.15) is 0 Å². The first-order valence-corrected chi connectivity index (χ1v) is 11.2. The van der Waals surface area contributed by atoms with Crippen LogP contribution in [0.1, 0.15) is 59.8 Å². The lowest BCUT2D eigenvalue weighted by molar-refractivity contribution is -0.138. The molecular weight excluding hydrogens is 444 g/mol. The Morgan fingerprint density at radius 3 is 2.48 bits per heavy atom. The second-order valence-electron chi connectivity index (χ2n) is 8.41. The van der Waals surface area contributed by atoms with Crippen LogP contribution in [0.25, 0.3) is 0 Å². The summed E-state index contributed by atoms with van der Waals surface area (Å²) in [6, 6.07) is 13.2. The molecule has 0 saturated heterocycles. The van der Waals surface area contributed by atoms with Gasteiger partial charge in [0.15, 0.2) is 0 Å². The number of carboxylic acid groups (broad SMARTS) is 1. The summed E-state index contributed by atoms with van der Waals surface area (Å²) in [4.78, 5) is 23.4. The molecule has 0 unspecified atom stereocenters. The Morgan fingerprint density at radius 1 is 1.09 bits per heavy atom. The summed E-state index contributed by atoms with van der Waals surface area (Å²) >= 11 is 6.20. The Kier molecular flexibility index (Phi) is 6.93. The van der Waals surface area contributed by atoms with Crippen molar-refractivity contribution in [1.29, 1.82) is 0 Å². The van der Waals surface area contributed by atoms with Crippen LogP contribution in [0.15, 0.2) is 46.9 Å². The van der Waals surface area contributed by atoms with E-state index < -0.39 is 11.9 Å². The predicted octanol–water partition coefficient (Wildman–Crippen LogP) is 5.78. The summed E-state index contributed by atoms with van der Waals surface area (Å²) in [7, 11) is 0. The molecule has 3 aromatic rings. The smallest absolute Gasteiger partial charge is 0.320 e. The number of aromatic nitrogens is 2. The zero-order valence-corrected chi connectivity index (χ0v) is 18.9. The number of amides is 1. The molecule has 1 heterocycles. The molecule has 1 aliphatic rings. The summed E-state index contributed by atoms with van der Waals surface area (Å²) in [5.41, 5.74) is 3.44. The Balaban J connectivity index is 1.32. The van der Waals surface area contributed by atoms with Crippen molar-refractivity contribution in [2.45, 2.75) is 44.9 Å². The van der Waals surface area contributed by atoms with Gasteiger partial charge in [-0.05, 0) is 79.8 Å². The Labute approximate surface area is 196 Å². The summed E-state index contributed by atoms with van der Waals surface area (Å²) in [5.74, 6) is -0.707. The molecule has 4 rings (SSSR count). The lowest BCUT2D eigenvalue weighted by Crippen LogP contribution is -2.16. The zero-order valence-electron chi connectivity index (χ0n) is 18.2. The fourth-order valence-electron chi connectivity index (χ4n) is 4.17. The van der Waals surface area contributed by atoms with Crippen molar-refractivity contribution < 1.29 is 19.1 Å². The van der Waals surface area contributed by atoms with Crippen LogP contribution in [0, 0.1) is 12.8 Å². The number of nitrogens with one attached hydrogen (secondary N) is 2. The van der Waals surface area contributed by atoms with E-state index in [9.17, 15) is 9.59 Å². The van der Waals surface area contributed by atoms with Gasteiger partial charge in [-0.1, -0.05) is 34.9 Å². The van der Waals surface area contributed by atoms with E-state index in [0.717, 1.165) is 31.2 Å². The van der Waals surface area contributed by atoms with E-state index >= 15 is 0 Å². The molecule has 1 aromatic heterocycles. The number of anilines is 3. The van der Waals surface area contributed by atoms with E-state index in [1.807, 2.05) is 37.3 Å². The van der Waals surface area contributed by atoms with Gasteiger partial charge in [-0.15, -0.1) is 5.10 Å². The third-order valence-corrected chi connectivity index (χ3v) is 6.25. The summed E-state index contributed by atoms with van der Waals surface area (Å²) < 4.78 is 5.42. The number of hydrogen-bond donors (Lipinski definition) is 3. The molecule has 9 heteroatoms. The number of benzene rings is 2. The normalized spacial score (nSPS) is 18.0. The number of aliphatic carboxylic acids is 1. The molecule has 8 nitrogen and oxygen atoms in total. The van der Waals surface area contributed by atoms with E-state index in [1.165, 1.54) is 5.56 Å². The van der Waals surface area contributed by atoms with Gasteiger partial charge >= 0.3 is 23.8 Å². The van der Waals surface area contributed by atoms with Crippen molar-refractivity contribution in [3.05, 3.63) is 64.5 Å². The third-order valence-electron chi connectivity index (χ3n) is 5.94. The minimum absolute atomic E-state index is 0.0692. The lowest BCUT2D eigenvalue weighted by atomic mass is 9.77. The van der Waals surface area contributed by atoms with Crippen LogP contribution in [0.2, 0.25) is 5.02 Å². The molecule has 0 radical (unpaired) electrons. The zero-order chi connectivity index (χ0) is 23.4. The van der Waals surface area contributed by atoms with Crippen LogP contribution < -0.4 is 10.6 Å². The highest BCUT2D eigenvalue weighted by molar-refractivity contribution is 6.33. The standard InChI is InChI=1S/C24H25ClN4O4/c1-14-2-11-20(19(25)12-14)27-24-29-28-23(33-24)22(32)26-18-9-7-17(8-10-18)16-5-3-15(4-6-16)13-21(30)31/h2,7-12,15-16H,3-6,13H2,1H3,(H,26,32)(H,27,29)(H,30,31). The number of hydrogen-bond acceptors (Lipinski definition) is 6. The van der Waals surface area contributed by atoms with Crippen molar-refractivity contribution in [2.24, 2.45) is 5.92 Å². The number of carbonyl (C=O) groups excluding carboxylic acids is 1. The van der Waals surface area contributed by atoms with Crippen LogP contribution in [-0.4, -0.2) is 27.2 Å². The number of carboxylic acids is 1. The molecule has 1 aliphatic carbocycles. The van der Waals surface area contributed by atoms with E-state index in [1.54, 1.807) is 12.1 Å². The van der Waals surface area contributed by atoms with Crippen molar-refractivity contribution in [2.75, 3.05) is 10.6 Å². The molecule has 172 valence electrons. The van der Waals surface area contributed by atoms with Gasteiger partial charge in [0.25, 0.3) is 0 Å². The second-order valence-corrected chi connectivity index (χ2v) is 8.82. The minimum Gasteiger partial charge on any atom is -0.481 e. The number of halogens is 1. The largest absolute Gasteiger partial charge is 0.481 e. The SMILES string of the molecule is Cc1ccc(Nc2nnc(C(=O)Nc3ccc(C4CCC(CC(=O)O)CC4)cc3)o2)c(Cl)c1. The van der Waals surface area contributed by atoms with Crippen LogP contribution in [0.5, 0.6) is 0 Å². The van der Waals surface area contributed by atoms with Crippen molar-refractivity contribution in [3.8, 4) is 0 Å². The molecule has 0 aliphatic heterocycles. The maximum atomic E-state index is 12.5. The number of rotatable bonds is 7. The van der Waals surface area contributed by atoms with Crippen molar-refractivity contribution in [1.82, 2.24) is 10.2 Å². The fraction of sp³-hybridized carbons (Fsp3) is 0.333. The highest BCUT2D eigenvalue weighted by Gasteiger charge is 2.24. The quantitative estimate of drug-likeness (QED) is 0.402. The summed E-state index contributed by atoms with van der Waals surface area (Å²) in [6.07, 6.45) is 4.06. The highest BCUT2D eigenvalue weighted by Crippen LogP contribution is 2.37. The van der Waals surface area contributed by atoms with E-state index in [2.05, 4.69) is 20.8 Å². The predicted molar refractivity (Wildman–Crippen MR) is 125 cm³/mol. The Morgan fingerprint density at radius 2 is 1.82 bits per heavy atom. The molecule has 1 amide bonds. The Hall–Kier alpha value is -3.39. The van der Waals surface area contributed by atoms with Gasteiger partial charge < -0.3 is 20.2 Å². The maximum absolute atomic E-state index is 12.5. The number of aryl methyl sites for hydroxylation is 1. The number of nitrogens with zero attached hydrogens (tertiary/aromatic N) is 2. The summed E-state index contributed by atoms with van der Waals surface area (Å²) in [5, 5.41) is 22.8. The molecule has 0 spiro atoms. The van der Waals surface area contributed by atoms with Crippen molar-refractivity contribution in [3.63, 3.8) is 0 Å². The first-order valence-electron chi connectivity index (χ1n) is 10.9. The monoisotopic (exact) mass is 468 g/mol. The maximum Gasteiger partial charge on any atom is 0.320 e. The fourth-order valence-corrected chi connectivity index (χ4v) is 4.45. The van der Waals surface area contributed by atoms with Gasteiger partial charge in [0.2, 0.25) is 0 Å². The first-order chi connectivity index (χ1) is 15.9. The molecule has 33 heavy (non-hydrogen) atoms. The summed E-state index contributed by atoms with van der Waals surface area (Å²) in [6.45, 7) is 1.93. The first kappa shape index (κ1) is 22.8. The Bertz CT molecular complexity index is 1140. The van der Waals surface area contributed by atoms with E-state index in [0.29, 0.717) is 22.3 Å². The van der Waals surface area contributed by atoms with Crippen LogP contribution in [0.3, 0.4) is 0 Å². The molecule has 3 N–H and O–H groups in total. The average Bonchev–Trinajstić information content (AvgIpc) is 3.25. The van der Waals surface area contributed by atoms with Gasteiger partial charge in [0.05, 0.1) is 10.7 Å². The molecule has 0 bridgehead atoms. The number of carbonyl (C=O) groups is 2. The van der Waals surface area contributed by atoms with Gasteiger partial charge in [0, 0.05) is 12.1 Å². The molecule has 0 atom stereocenters. The van der Waals surface area contributed by atoms with Crippen LogP contribution in [-0.2, 0) is 4.79 Å². The highest BCUT2D eigenvalue weighted by atomic mass is 35.5. The van der Waals surface area contributed by atoms with E-state index in [4.69, 9.17) is 21.1 Å². The van der Waals surface area contributed by atoms with Crippen molar-refractivity contribution >= 4 is 40.9 Å².